The summed E-state index contributed by atoms with van der Waals surface area (Å²) in [5, 5.41) is 8.28. The normalized spacial score (nSPS) is 10.3. The van der Waals surface area contributed by atoms with Crippen LogP contribution in [0, 0.1) is 5.92 Å². The summed E-state index contributed by atoms with van der Waals surface area (Å²) in [5.74, 6) is 0.0255. The highest BCUT2D eigenvalue weighted by Gasteiger charge is 1.97. The number of hydrogen-bond donors (Lipinski definition) is 1. The topological polar surface area (TPSA) is 40.5 Å². The molecule has 0 unspecified atom stereocenters. The lowest BCUT2D eigenvalue weighted by Gasteiger charge is -2.13. The van der Waals surface area contributed by atoms with Gasteiger partial charge in [-0.15, -0.1) is 0 Å². The molecule has 0 aromatic heterocycles. The first-order valence-corrected chi connectivity index (χ1v) is 6.91. The fraction of sp³-hybridized carbons (Fsp3) is 0.929. The minimum atomic E-state index is -0.677. The van der Waals surface area contributed by atoms with Gasteiger partial charge in [0.25, 0.3) is 0 Å². The highest BCUT2D eigenvalue weighted by molar-refractivity contribution is 5.66. The molecular formula is C14H31NO2. The third kappa shape index (κ3) is 18.0. The number of aliphatic carboxylic acids is 1. The van der Waals surface area contributed by atoms with E-state index < -0.39 is 5.97 Å². The van der Waals surface area contributed by atoms with E-state index in [0.717, 1.165) is 19.3 Å². The SMILES string of the molecule is CC(C)CCCCC(=O)O.CCN(CC)CC. The monoisotopic (exact) mass is 245 g/mol. The van der Waals surface area contributed by atoms with Crippen molar-refractivity contribution in [2.45, 2.75) is 60.3 Å². The lowest BCUT2D eigenvalue weighted by atomic mass is 10.1. The van der Waals surface area contributed by atoms with Crippen LogP contribution in [0.1, 0.15) is 60.3 Å². The summed E-state index contributed by atoms with van der Waals surface area (Å²) in [6, 6.07) is 0. The lowest BCUT2D eigenvalue weighted by molar-refractivity contribution is -0.137. The number of carboxylic acids is 1. The Balaban J connectivity index is 0. The minimum absolute atomic E-state index is 0.326. The molecule has 0 aliphatic carbocycles. The molecule has 0 radical (unpaired) electrons. The maximum Gasteiger partial charge on any atom is 0.303 e. The van der Waals surface area contributed by atoms with Crippen molar-refractivity contribution < 1.29 is 9.90 Å². The molecule has 0 bridgehead atoms. The molecular weight excluding hydrogens is 214 g/mol. The molecule has 0 saturated carbocycles. The molecule has 0 heterocycles. The van der Waals surface area contributed by atoms with Crippen LogP contribution in [0.4, 0.5) is 0 Å². The van der Waals surface area contributed by atoms with Crippen molar-refractivity contribution in [2.24, 2.45) is 5.92 Å². The van der Waals surface area contributed by atoms with Gasteiger partial charge < -0.3 is 10.0 Å². The summed E-state index contributed by atoms with van der Waals surface area (Å²) < 4.78 is 0. The molecule has 104 valence electrons. The minimum Gasteiger partial charge on any atom is -0.481 e. The molecule has 0 aliphatic rings. The highest BCUT2D eigenvalue weighted by atomic mass is 16.4. The number of nitrogens with zero attached hydrogens (tertiary/aromatic N) is 1. The predicted octanol–water partition coefficient (Wildman–Crippen LogP) is 3.64. The van der Waals surface area contributed by atoms with Gasteiger partial charge in [0.05, 0.1) is 0 Å². The standard InChI is InChI=1S/C8H16O2.C6H15N/c1-7(2)5-3-4-6-8(9)10;1-4-7(5-2)6-3/h7H,3-6H2,1-2H3,(H,9,10);4-6H2,1-3H3. The third-order valence-electron chi connectivity index (χ3n) is 2.76. The quantitative estimate of drug-likeness (QED) is 0.664. The first kappa shape index (κ1) is 18.8. The molecule has 0 aromatic rings. The Kier molecular flexibility index (Phi) is 14.9. The predicted molar refractivity (Wildman–Crippen MR) is 74.4 cm³/mol. The Labute approximate surface area is 107 Å². The molecule has 1 N–H and O–H groups in total. The van der Waals surface area contributed by atoms with Gasteiger partial charge in [-0.1, -0.05) is 47.5 Å². The van der Waals surface area contributed by atoms with Gasteiger partial charge in [-0.05, 0) is 32.0 Å². The van der Waals surface area contributed by atoms with Crippen molar-refractivity contribution in [2.75, 3.05) is 19.6 Å². The molecule has 17 heavy (non-hydrogen) atoms. The van der Waals surface area contributed by atoms with Crippen LogP contribution in [0.3, 0.4) is 0 Å². The van der Waals surface area contributed by atoms with Gasteiger partial charge in [0.2, 0.25) is 0 Å². The van der Waals surface area contributed by atoms with Crippen LogP contribution in [-0.2, 0) is 4.79 Å². The second-order valence-corrected chi connectivity index (χ2v) is 4.65. The molecule has 0 spiro atoms. The Morgan fingerprint density at radius 3 is 1.76 bits per heavy atom. The van der Waals surface area contributed by atoms with Gasteiger partial charge >= 0.3 is 5.97 Å². The van der Waals surface area contributed by atoms with Gasteiger partial charge in [0.1, 0.15) is 0 Å². The van der Waals surface area contributed by atoms with Gasteiger partial charge in [0, 0.05) is 6.42 Å². The zero-order chi connectivity index (χ0) is 13.7. The van der Waals surface area contributed by atoms with E-state index in [1.165, 1.54) is 19.6 Å². The second-order valence-electron chi connectivity index (χ2n) is 4.65. The average Bonchev–Trinajstić information content (AvgIpc) is 2.27. The van der Waals surface area contributed by atoms with Gasteiger partial charge in [-0.2, -0.15) is 0 Å². The molecule has 3 heteroatoms. The average molecular weight is 245 g/mol. The smallest absolute Gasteiger partial charge is 0.303 e. The summed E-state index contributed by atoms with van der Waals surface area (Å²) in [4.78, 5) is 12.4. The number of unbranched alkanes of at least 4 members (excludes halogenated alkanes) is 1. The molecule has 3 nitrogen and oxygen atoms in total. The largest absolute Gasteiger partial charge is 0.481 e. The maximum absolute atomic E-state index is 10.0. The van der Waals surface area contributed by atoms with Crippen LogP contribution < -0.4 is 0 Å². The van der Waals surface area contributed by atoms with E-state index >= 15 is 0 Å². The van der Waals surface area contributed by atoms with Crippen molar-refractivity contribution >= 4 is 5.97 Å². The van der Waals surface area contributed by atoms with E-state index in [1.807, 2.05) is 0 Å². The van der Waals surface area contributed by atoms with Crippen molar-refractivity contribution in [1.29, 1.82) is 0 Å². The van der Waals surface area contributed by atoms with Gasteiger partial charge in [-0.25, -0.2) is 0 Å². The van der Waals surface area contributed by atoms with Crippen LogP contribution in [-0.4, -0.2) is 35.6 Å². The fourth-order valence-corrected chi connectivity index (χ4v) is 1.50. The third-order valence-corrected chi connectivity index (χ3v) is 2.76. The zero-order valence-electron chi connectivity index (χ0n) is 12.3. The van der Waals surface area contributed by atoms with E-state index in [1.54, 1.807) is 0 Å². The highest BCUT2D eigenvalue weighted by Crippen LogP contribution is 2.07. The molecule has 0 fully saturated rings. The van der Waals surface area contributed by atoms with Crippen molar-refractivity contribution in [1.82, 2.24) is 4.90 Å². The van der Waals surface area contributed by atoms with Crippen LogP contribution in [0.25, 0.3) is 0 Å². The van der Waals surface area contributed by atoms with E-state index in [9.17, 15) is 4.79 Å². The van der Waals surface area contributed by atoms with Gasteiger partial charge in [-0.3, -0.25) is 4.79 Å². The molecule has 0 aromatic carbocycles. The first-order chi connectivity index (χ1) is 7.97. The van der Waals surface area contributed by atoms with E-state index in [-0.39, 0.29) is 0 Å². The van der Waals surface area contributed by atoms with Gasteiger partial charge in [0.15, 0.2) is 0 Å². The summed E-state index contributed by atoms with van der Waals surface area (Å²) in [5.41, 5.74) is 0. The summed E-state index contributed by atoms with van der Waals surface area (Å²) >= 11 is 0. The molecule has 0 saturated heterocycles. The van der Waals surface area contributed by atoms with Crippen LogP contribution >= 0.6 is 0 Å². The zero-order valence-corrected chi connectivity index (χ0v) is 12.3. The summed E-state index contributed by atoms with van der Waals surface area (Å²) in [6.07, 6.45) is 3.34. The van der Waals surface area contributed by atoms with Crippen molar-refractivity contribution in [3.8, 4) is 0 Å². The Morgan fingerprint density at radius 2 is 1.53 bits per heavy atom. The summed E-state index contributed by atoms with van der Waals surface area (Å²) in [6.45, 7) is 14.4. The lowest BCUT2D eigenvalue weighted by Crippen LogP contribution is -2.21. The Hall–Kier alpha value is -0.570. The second kappa shape index (κ2) is 13.5. The fourth-order valence-electron chi connectivity index (χ4n) is 1.50. The number of carbonyl (C=O) groups is 1. The molecule has 0 amide bonds. The Morgan fingerprint density at radius 1 is 1.06 bits per heavy atom. The molecule has 0 aliphatic heterocycles. The van der Waals surface area contributed by atoms with Crippen LogP contribution in [0.15, 0.2) is 0 Å². The van der Waals surface area contributed by atoms with Crippen molar-refractivity contribution in [3.63, 3.8) is 0 Å². The maximum atomic E-state index is 10.0. The number of rotatable bonds is 8. The van der Waals surface area contributed by atoms with Crippen LogP contribution in [0.2, 0.25) is 0 Å². The van der Waals surface area contributed by atoms with E-state index in [0.29, 0.717) is 12.3 Å². The Bertz CT molecular complexity index is 160. The number of carboxylic acid groups (broad SMARTS) is 1. The molecule has 0 rings (SSSR count). The first-order valence-electron chi connectivity index (χ1n) is 6.91. The van der Waals surface area contributed by atoms with Crippen LogP contribution in [0.5, 0.6) is 0 Å². The summed E-state index contributed by atoms with van der Waals surface area (Å²) in [7, 11) is 0. The van der Waals surface area contributed by atoms with E-state index in [2.05, 4.69) is 39.5 Å². The van der Waals surface area contributed by atoms with Crippen molar-refractivity contribution in [3.05, 3.63) is 0 Å². The number of hydrogen-bond acceptors (Lipinski definition) is 2. The van der Waals surface area contributed by atoms with E-state index in [4.69, 9.17) is 5.11 Å². The molecule has 0 atom stereocenters.